The van der Waals surface area contributed by atoms with E-state index < -0.39 is 5.60 Å². The maximum absolute atomic E-state index is 12.7. The third-order valence-corrected chi connectivity index (χ3v) is 4.16. The Morgan fingerprint density at radius 3 is 2.48 bits per heavy atom. The molecule has 25 heavy (non-hydrogen) atoms. The fourth-order valence-corrected chi connectivity index (χ4v) is 2.62. The molecule has 1 atom stereocenters. The third kappa shape index (κ3) is 6.97. The van der Waals surface area contributed by atoms with Gasteiger partial charge in [0.2, 0.25) is 0 Å². The van der Waals surface area contributed by atoms with Crippen LogP contribution in [-0.4, -0.2) is 29.7 Å². The molecule has 0 saturated heterocycles. The Balaban J connectivity index is 3.03. The number of carbonyl (C=O) groups is 1. The minimum Gasteiger partial charge on any atom is -0.444 e. The second kappa shape index (κ2) is 9.69. The first-order chi connectivity index (χ1) is 11.7. The van der Waals surface area contributed by atoms with Gasteiger partial charge in [0.1, 0.15) is 5.60 Å². The van der Waals surface area contributed by atoms with Gasteiger partial charge in [0.05, 0.1) is 6.04 Å². The summed E-state index contributed by atoms with van der Waals surface area (Å²) in [5.74, 6) is 0. The molecule has 0 saturated carbocycles. The number of carbonyl (C=O) groups excluding carboxylic acids is 1. The number of amides is 1. The summed E-state index contributed by atoms with van der Waals surface area (Å²) >= 11 is 0. The molecule has 0 aliphatic heterocycles. The smallest absolute Gasteiger partial charge is 0.410 e. The number of rotatable bonds is 8. The van der Waals surface area contributed by atoms with Gasteiger partial charge < -0.3 is 15.0 Å². The zero-order valence-corrected chi connectivity index (χ0v) is 17.1. The minimum atomic E-state index is -0.484. The van der Waals surface area contributed by atoms with Gasteiger partial charge in [0.15, 0.2) is 0 Å². The maximum atomic E-state index is 12.7. The van der Waals surface area contributed by atoms with Crippen molar-refractivity contribution in [2.75, 3.05) is 18.4 Å². The summed E-state index contributed by atoms with van der Waals surface area (Å²) in [5.41, 5.74) is 3.02. The van der Waals surface area contributed by atoms with Crippen molar-refractivity contribution < 1.29 is 9.53 Å². The van der Waals surface area contributed by atoms with Crippen molar-refractivity contribution in [3.05, 3.63) is 29.3 Å². The molecule has 0 fully saturated rings. The van der Waals surface area contributed by atoms with Crippen molar-refractivity contribution >= 4 is 11.8 Å². The molecule has 142 valence electrons. The van der Waals surface area contributed by atoms with Gasteiger partial charge in [-0.05, 0) is 64.7 Å². The standard InChI is InChI=1S/C21H36N2O2/c1-8-10-14-23(20(24)25-21(5,6)7)17(4)18-12-11-16(3)19(15-18)22-13-9-2/h11-12,15,17,22H,8-10,13-14H2,1-7H3. The van der Waals surface area contributed by atoms with Gasteiger partial charge >= 0.3 is 6.09 Å². The summed E-state index contributed by atoms with van der Waals surface area (Å²) in [4.78, 5) is 14.5. The van der Waals surface area contributed by atoms with E-state index in [4.69, 9.17) is 4.74 Å². The molecule has 0 bridgehead atoms. The number of nitrogens with zero attached hydrogens (tertiary/aromatic N) is 1. The molecule has 4 nitrogen and oxygen atoms in total. The lowest BCUT2D eigenvalue weighted by Crippen LogP contribution is -2.39. The van der Waals surface area contributed by atoms with E-state index in [1.54, 1.807) is 0 Å². The molecule has 1 aromatic carbocycles. The molecule has 1 amide bonds. The molecular formula is C21H36N2O2. The molecule has 0 aliphatic carbocycles. The average molecular weight is 349 g/mol. The third-order valence-electron chi connectivity index (χ3n) is 4.16. The number of aryl methyl sites for hydroxylation is 1. The number of unbranched alkanes of at least 4 members (excludes halogenated alkanes) is 1. The quantitative estimate of drug-likeness (QED) is 0.634. The van der Waals surface area contributed by atoms with Crippen LogP contribution in [0.25, 0.3) is 0 Å². The van der Waals surface area contributed by atoms with Crippen molar-refractivity contribution in [2.24, 2.45) is 0 Å². The van der Waals surface area contributed by atoms with Crippen LogP contribution in [0.4, 0.5) is 10.5 Å². The van der Waals surface area contributed by atoms with Crippen LogP contribution in [0.5, 0.6) is 0 Å². The summed E-state index contributed by atoms with van der Waals surface area (Å²) < 4.78 is 5.63. The van der Waals surface area contributed by atoms with Crippen molar-refractivity contribution in [3.63, 3.8) is 0 Å². The second-order valence-electron chi connectivity index (χ2n) is 7.70. The van der Waals surface area contributed by atoms with Gasteiger partial charge in [-0.15, -0.1) is 0 Å². The lowest BCUT2D eigenvalue weighted by molar-refractivity contribution is 0.0170. The van der Waals surface area contributed by atoms with Gasteiger partial charge in [0.25, 0.3) is 0 Å². The minimum absolute atomic E-state index is 0.0239. The first-order valence-corrected chi connectivity index (χ1v) is 9.53. The topological polar surface area (TPSA) is 41.6 Å². The normalized spacial score (nSPS) is 12.6. The van der Waals surface area contributed by atoms with Gasteiger partial charge in [0, 0.05) is 18.8 Å². The van der Waals surface area contributed by atoms with Crippen LogP contribution in [0.2, 0.25) is 0 Å². The second-order valence-corrected chi connectivity index (χ2v) is 7.70. The van der Waals surface area contributed by atoms with E-state index in [0.717, 1.165) is 37.1 Å². The summed E-state index contributed by atoms with van der Waals surface area (Å²) in [7, 11) is 0. The average Bonchev–Trinajstić information content (AvgIpc) is 2.52. The Hall–Kier alpha value is -1.71. The Morgan fingerprint density at radius 1 is 1.24 bits per heavy atom. The Labute approximate surface area is 153 Å². The van der Waals surface area contributed by atoms with Crippen molar-refractivity contribution in [3.8, 4) is 0 Å². The molecular weight excluding hydrogens is 312 g/mol. The van der Waals surface area contributed by atoms with E-state index in [2.05, 4.69) is 51.2 Å². The highest BCUT2D eigenvalue weighted by Gasteiger charge is 2.26. The van der Waals surface area contributed by atoms with E-state index in [1.807, 2.05) is 25.7 Å². The number of ether oxygens (including phenoxy) is 1. The van der Waals surface area contributed by atoms with Crippen LogP contribution in [0.1, 0.15) is 78.0 Å². The SMILES string of the molecule is CCCCN(C(=O)OC(C)(C)C)C(C)c1ccc(C)c(NCCC)c1. The van der Waals surface area contributed by atoms with Gasteiger partial charge in [-0.3, -0.25) is 0 Å². The van der Waals surface area contributed by atoms with E-state index in [0.29, 0.717) is 6.54 Å². The molecule has 1 rings (SSSR count). The fraction of sp³-hybridized carbons (Fsp3) is 0.667. The van der Waals surface area contributed by atoms with E-state index in [9.17, 15) is 4.79 Å². The molecule has 1 unspecified atom stereocenters. The van der Waals surface area contributed by atoms with Crippen LogP contribution in [0.15, 0.2) is 18.2 Å². The predicted octanol–water partition coefficient (Wildman–Crippen LogP) is 5.92. The lowest BCUT2D eigenvalue weighted by atomic mass is 10.0. The highest BCUT2D eigenvalue weighted by molar-refractivity contribution is 5.69. The largest absolute Gasteiger partial charge is 0.444 e. The highest BCUT2D eigenvalue weighted by Crippen LogP contribution is 2.27. The number of benzene rings is 1. The van der Waals surface area contributed by atoms with Crippen LogP contribution < -0.4 is 5.32 Å². The molecule has 0 aliphatic rings. The van der Waals surface area contributed by atoms with Crippen molar-refractivity contribution in [1.29, 1.82) is 0 Å². The number of hydrogen-bond donors (Lipinski definition) is 1. The Morgan fingerprint density at radius 2 is 1.92 bits per heavy atom. The highest BCUT2D eigenvalue weighted by atomic mass is 16.6. The Bertz CT molecular complexity index is 549. The van der Waals surface area contributed by atoms with Crippen LogP contribution >= 0.6 is 0 Å². The van der Waals surface area contributed by atoms with Crippen molar-refractivity contribution in [2.45, 2.75) is 79.4 Å². The molecule has 0 heterocycles. The predicted molar refractivity (Wildman–Crippen MR) is 106 cm³/mol. The molecule has 4 heteroatoms. The molecule has 0 radical (unpaired) electrons. The summed E-state index contributed by atoms with van der Waals surface area (Å²) in [6.45, 7) is 15.9. The van der Waals surface area contributed by atoms with Crippen LogP contribution in [0.3, 0.4) is 0 Å². The van der Waals surface area contributed by atoms with Crippen LogP contribution in [0, 0.1) is 6.92 Å². The summed E-state index contributed by atoms with van der Waals surface area (Å²) in [6.07, 6.45) is 2.86. The number of hydrogen-bond acceptors (Lipinski definition) is 3. The number of anilines is 1. The monoisotopic (exact) mass is 348 g/mol. The van der Waals surface area contributed by atoms with Crippen LogP contribution in [-0.2, 0) is 4.74 Å². The molecule has 0 spiro atoms. The first kappa shape index (κ1) is 21.3. The molecule has 1 aromatic rings. The van der Waals surface area contributed by atoms with Gasteiger partial charge in [-0.1, -0.05) is 32.4 Å². The van der Waals surface area contributed by atoms with E-state index in [1.165, 1.54) is 5.56 Å². The zero-order chi connectivity index (χ0) is 19.0. The summed E-state index contributed by atoms with van der Waals surface area (Å²) in [5, 5.41) is 3.47. The van der Waals surface area contributed by atoms with Gasteiger partial charge in [-0.2, -0.15) is 0 Å². The van der Waals surface area contributed by atoms with E-state index in [-0.39, 0.29) is 12.1 Å². The Kier molecular flexibility index (Phi) is 8.27. The van der Waals surface area contributed by atoms with E-state index >= 15 is 0 Å². The van der Waals surface area contributed by atoms with Crippen molar-refractivity contribution in [1.82, 2.24) is 4.90 Å². The molecule has 1 N–H and O–H groups in total. The fourth-order valence-electron chi connectivity index (χ4n) is 2.62. The maximum Gasteiger partial charge on any atom is 0.410 e. The number of nitrogens with one attached hydrogen (secondary N) is 1. The lowest BCUT2D eigenvalue weighted by Gasteiger charge is -2.32. The summed E-state index contributed by atoms with van der Waals surface area (Å²) in [6, 6.07) is 6.38. The molecule has 0 aromatic heterocycles. The first-order valence-electron chi connectivity index (χ1n) is 9.53. The zero-order valence-electron chi connectivity index (χ0n) is 17.1. The van der Waals surface area contributed by atoms with Gasteiger partial charge in [-0.25, -0.2) is 4.79 Å².